The molecule has 0 aliphatic heterocycles. The van der Waals surface area contributed by atoms with Crippen LogP contribution in [0.1, 0.15) is 12.5 Å². The van der Waals surface area contributed by atoms with Gasteiger partial charge in [0, 0.05) is 5.69 Å². The zero-order chi connectivity index (χ0) is 14.4. The van der Waals surface area contributed by atoms with Crippen LogP contribution >= 0.6 is 0 Å². The molecule has 1 unspecified atom stereocenters. The summed E-state index contributed by atoms with van der Waals surface area (Å²) < 4.78 is 0. The number of hydrogen-bond donors (Lipinski definition) is 2. The number of carbonyl (C=O) groups excluding carboxylic acids is 1. The SMILES string of the molecule is CC(C#N)(NC(=O)Nc1ccccc1)c1ccccc1. The van der Waals surface area contributed by atoms with Crippen molar-refractivity contribution >= 4 is 11.7 Å². The highest BCUT2D eigenvalue weighted by Crippen LogP contribution is 2.19. The zero-order valence-corrected chi connectivity index (χ0v) is 11.1. The number of rotatable bonds is 3. The number of urea groups is 1. The maximum atomic E-state index is 12.0. The Balaban J connectivity index is 2.11. The van der Waals surface area contributed by atoms with Crippen LogP contribution in [0.4, 0.5) is 10.5 Å². The average Bonchev–Trinajstić information content (AvgIpc) is 2.49. The molecule has 2 rings (SSSR count). The summed E-state index contributed by atoms with van der Waals surface area (Å²) in [5.41, 5.74) is 0.351. The maximum Gasteiger partial charge on any atom is 0.320 e. The quantitative estimate of drug-likeness (QED) is 0.894. The highest BCUT2D eigenvalue weighted by Gasteiger charge is 2.28. The van der Waals surface area contributed by atoms with Gasteiger partial charge in [0.25, 0.3) is 0 Å². The minimum atomic E-state index is -1.07. The molecular weight excluding hydrogens is 250 g/mol. The van der Waals surface area contributed by atoms with Crippen LogP contribution in [0.25, 0.3) is 0 Å². The van der Waals surface area contributed by atoms with E-state index >= 15 is 0 Å². The molecule has 2 aromatic carbocycles. The van der Waals surface area contributed by atoms with E-state index in [0.717, 1.165) is 5.56 Å². The van der Waals surface area contributed by atoms with Crippen LogP contribution in [0.5, 0.6) is 0 Å². The summed E-state index contributed by atoms with van der Waals surface area (Å²) >= 11 is 0. The second-order valence-electron chi connectivity index (χ2n) is 4.55. The van der Waals surface area contributed by atoms with Gasteiger partial charge in [-0.25, -0.2) is 4.79 Å². The van der Waals surface area contributed by atoms with Crippen molar-refractivity contribution in [3.8, 4) is 6.07 Å². The molecule has 4 nitrogen and oxygen atoms in total. The van der Waals surface area contributed by atoms with Gasteiger partial charge in [0.05, 0.1) is 6.07 Å². The van der Waals surface area contributed by atoms with Crippen molar-refractivity contribution in [2.45, 2.75) is 12.5 Å². The molecule has 4 heteroatoms. The molecule has 0 aromatic heterocycles. The standard InChI is InChI=1S/C16H15N3O/c1-16(12-17,13-8-4-2-5-9-13)19-15(20)18-14-10-6-3-7-11-14/h2-11H,1H3,(H2,18,19,20). The summed E-state index contributed by atoms with van der Waals surface area (Å²) in [6, 6.07) is 20.0. The minimum absolute atomic E-state index is 0.413. The maximum absolute atomic E-state index is 12.0. The van der Waals surface area contributed by atoms with E-state index in [1.807, 2.05) is 48.5 Å². The van der Waals surface area contributed by atoms with Gasteiger partial charge in [0.2, 0.25) is 0 Å². The molecule has 0 aliphatic carbocycles. The fraction of sp³-hybridized carbons (Fsp3) is 0.125. The summed E-state index contributed by atoms with van der Waals surface area (Å²) in [4.78, 5) is 12.0. The Morgan fingerprint density at radius 3 is 2.15 bits per heavy atom. The predicted octanol–water partition coefficient (Wildman–Crippen LogP) is 3.25. The summed E-state index contributed by atoms with van der Waals surface area (Å²) in [5.74, 6) is 0. The Morgan fingerprint density at radius 1 is 1.05 bits per heavy atom. The number of hydrogen-bond acceptors (Lipinski definition) is 2. The highest BCUT2D eigenvalue weighted by molar-refractivity contribution is 5.90. The van der Waals surface area contributed by atoms with Crippen LogP contribution in [0.2, 0.25) is 0 Å². The van der Waals surface area contributed by atoms with Gasteiger partial charge in [-0.2, -0.15) is 5.26 Å². The largest absolute Gasteiger partial charge is 0.320 e. The van der Waals surface area contributed by atoms with Crippen LogP contribution in [-0.2, 0) is 5.54 Å². The molecule has 0 fully saturated rings. The lowest BCUT2D eigenvalue weighted by Crippen LogP contribution is -2.44. The third kappa shape index (κ3) is 3.15. The Morgan fingerprint density at radius 2 is 1.60 bits per heavy atom. The molecule has 0 heterocycles. The molecular formula is C16H15N3O. The molecule has 2 amide bonds. The van der Waals surface area contributed by atoms with E-state index in [1.165, 1.54) is 0 Å². The molecule has 0 radical (unpaired) electrons. The number of carbonyl (C=O) groups is 1. The van der Waals surface area contributed by atoms with Crippen molar-refractivity contribution in [1.29, 1.82) is 5.26 Å². The Bertz CT molecular complexity index is 619. The number of anilines is 1. The first-order valence-corrected chi connectivity index (χ1v) is 6.25. The fourth-order valence-corrected chi connectivity index (χ4v) is 1.85. The van der Waals surface area contributed by atoms with E-state index in [1.54, 1.807) is 19.1 Å². The van der Waals surface area contributed by atoms with Crippen molar-refractivity contribution in [2.24, 2.45) is 0 Å². The number of nitriles is 1. The van der Waals surface area contributed by atoms with Crippen molar-refractivity contribution in [1.82, 2.24) is 5.32 Å². The van der Waals surface area contributed by atoms with Gasteiger partial charge in [-0.1, -0.05) is 48.5 Å². The number of amides is 2. The van der Waals surface area contributed by atoms with Gasteiger partial charge in [-0.3, -0.25) is 0 Å². The van der Waals surface area contributed by atoms with E-state index in [4.69, 9.17) is 0 Å². The lowest BCUT2D eigenvalue weighted by molar-refractivity contribution is 0.245. The topological polar surface area (TPSA) is 64.9 Å². The van der Waals surface area contributed by atoms with Crippen LogP contribution in [0.15, 0.2) is 60.7 Å². The minimum Gasteiger partial charge on any atom is -0.316 e. The molecule has 0 saturated carbocycles. The van der Waals surface area contributed by atoms with Gasteiger partial charge in [-0.15, -0.1) is 0 Å². The fourth-order valence-electron chi connectivity index (χ4n) is 1.85. The normalized spacial score (nSPS) is 12.8. The summed E-state index contributed by atoms with van der Waals surface area (Å²) in [6.45, 7) is 1.67. The highest BCUT2D eigenvalue weighted by atomic mass is 16.2. The summed E-state index contributed by atoms with van der Waals surface area (Å²) in [7, 11) is 0. The predicted molar refractivity (Wildman–Crippen MR) is 78.0 cm³/mol. The lowest BCUT2D eigenvalue weighted by atomic mass is 9.94. The Labute approximate surface area is 118 Å². The molecule has 0 bridgehead atoms. The van der Waals surface area contributed by atoms with E-state index in [2.05, 4.69) is 16.7 Å². The first-order chi connectivity index (χ1) is 9.64. The number of nitrogens with zero attached hydrogens (tertiary/aromatic N) is 1. The van der Waals surface area contributed by atoms with Gasteiger partial charge in [0.1, 0.15) is 0 Å². The number of nitrogens with one attached hydrogen (secondary N) is 2. The summed E-state index contributed by atoms with van der Waals surface area (Å²) in [6.07, 6.45) is 0. The molecule has 0 spiro atoms. The molecule has 2 N–H and O–H groups in total. The van der Waals surface area contributed by atoms with Gasteiger partial charge < -0.3 is 10.6 Å². The van der Waals surface area contributed by atoms with Crippen LogP contribution in [0, 0.1) is 11.3 Å². The van der Waals surface area contributed by atoms with Crippen LogP contribution < -0.4 is 10.6 Å². The van der Waals surface area contributed by atoms with Crippen molar-refractivity contribution in [2.75, 3.05) is 5.32 Å². The molecule has 0 saturated heterocycles. The summed E-state index contributed by atoms with van der Waals surface area (Å²) in [5, 5.41) is 14.8. The van der Waals surface area contributed by atoms with Crippen LogP contribution in [-0.4, -0.2) is 6.03 Å². The van der Waals surface area contributed by atoms with Gasteiger partial charge in [0.15, 0.2) is 5.54 Å². The number of para-hydroxylation sites is 1. The molecule has 100 valence electrons. The van der Waals surface area contributed by atoms with E-state index in [0.29, 0.717) is 5.69 Å². The monoisotopic (exact) mass is 265 g/mol. The van der Waals surface area contributed by atoms with E-state index < -0.39 is 11.6 Å². The lowest BCUT2D eigenvalue weighted by Gasteiger charge is -2.23. The van der Waals surface area contributed by atoms with E-state index in [-0.39, 0.29) is 0 Å². The average molecular weight is 265 g/mol. The second-order valence-corrected chi connectivity index (χ2v) is 4.55. The smallest absolute Gasteiger partial charge is 0.316 e. The molecule has 20 heavy (non-hydrogen) atoms. The van der Waals surface area contributed by atoms with E-state index in [9.17, 15) is 10.1 Å². The molecule has 2 aromatic rings. The first kappa shape index (κ1) is 13.6. The van der Waals surface area contributed by atoms with Crippen molar-refractivity contribution < 1.29 is 4.79 Å². The molecule has 1 atom stereocenters. The van der Waals surface area contributed by atoms with Crippen LogP contribution in [0.3, 0.4) is 0 Å². The Kier molecular flexibility index (Phi) is 4.02. The zero-order valence-electron chi connectivity index (χ0n) is 11.1. The van der Waals surface area contributed by atoms with Gasteiger partial charge in [-0.05, 0) is 24.6 Å². The van der Waals surface area contributed by atoms with Gasteiger partial charge >= 0.3 is 6.03 Å². The third-order valence-electron chi connectivity index (χ3n) is 2.97. The Hall–Kier alpha value is -2.80. The number of benzene rings is 2. The molecule has 0 aliphatic rings. The first-order valence-electron chi connectivity index (χ1n) is 6.25. The van der Waals surface area contributed by atoms with Crippen molar-refractivity contribution in [3.05, 3.63) is 66.2 Å². The second kappa shape index (κ2) is 5.89. The third-order valence-corrected chi connectivity index (χ3v) is 2.97. The van der Waals surface area contributed by atoms with Crippen molar-refractivity contribution in [3.63, 3.8) is 0 Å².